The molecule has 1 unspecified atom stereocenters. The zero-order valence-corrected chi connectivity index (χ0v) is 5.94. The average molecular weight is 110 g/mol. The molecule has 1 atom stereocenters. The fourth-order valence-corrected chi connectivity index (χ4v) is 0.453. The summed E-state index contributed by atoms with van der Waals surface area (Å²) in [5.41, 5.74) is 1.23. The van der Waals surface area contributed by atoms with E-state index in [1.54, 1.807) is 0 Å². The monoisotopic (exact) mass is 110 g/mol. The molecule has 0 aromatic carbocycles. The van der Waals surface area contributed by atoms with E-state index in [9.17, 15) is 0 Å². The highest BCUT2D eigenvalue weighted by atomic mass is 14.0. The zero-order chi connectivity index (χ0) is 6.57. The Morgan fingerprint density at radius 3 is 2.25 bits per heavy atom. The van der Waals surface area contributed by atoms with Crippen molar-refractivity contribution >= 4 is 0 Å². The van der Waals surface area contributed by atoms with Gasteiger partial charge in [-0.05, 0) is 19.8 Å². The van der Waals surface area contributed by atoms with Crippen molar-refractivity contribution in [1.29, 1.82) is 0 Å². The summed E-state index contributed by atoms with van der Waals surface area (Å²) in [6.07, 6.45) is 4.20. The number of hydrogen-bond donors (Lipinski definition) is 0. The Morgan fingerprint density at radius 1 is 1.62 bits per heavy atom. The van der Waals surface area contributed by atoms with Gasteiger partial charge in [0.2, 0.25) is 0 Å². The molecule has 0 rings (SSSR count). The number of hydrogen-bond acceptors (Lipinski definition) is 0. The van der Waals surface area contributed by atoms with Gasteiger partial charge in [0.05, 0.1) is 0 Å². The Hall–Kier alpha value is -0.520. The summed E-state index contributed by atoms with van der Waals surface area (Å²) in [5, 5.41) is 0. The van der Waals surface area contributed by atoms with Crippen LogP contribution in [0.25, 0.3) is 0 Å². The van der Waals surface area contributed by atoms with Crippen molar-refractivity contribution < 1.29 is 0 Å². The third-order valence-corrected chi connectivity index (χ3v) is 1.26. The summed E-state index contributed by atoms with van der Waals surface area (Å²) in [6, 6.07) is 0. The molecule has 0 bridgehead atoms. The summed E-state index contributed by atoms with van der Waals surface area (Å²) in [5.74, 6) is 0.542. The largest absolute Gasteiger partial charge is 0.0996 e. The maximum atomic E-state index is 3.82. The molecule has 0 aliphatic carbocycles. The molecule has 0 nitrogen and oxygen atoms in total. The van der Waals surface area contributed by atoms with Gasteiger partial charge in [-0.3, -0.25) is 0 Å². The molecule has 0 fully saturated rings. The molecule has 0 aromatic heterocycles. The highest BCUT2D eigenvalue weighted by Gasteiger charge is 1.92. The zero-order valence-electron chi connectivity index (χ0n) is 5.94. The van der Waals surface area contributed by atoms with Crippen LogP contribution in [-0.4, -0.2) is 0 Å². The van der Waals surface area contributed by atoms with Gasteiger partial charge in [0.15, 0.2) is 0 Å². The molecule has 0 radical (unpaired) electrons. The molecule has 0 amide bonds. The normalized spacial score (nSPS) is 14.4. The smallest absolute Gasteiger partial charge is 0.00572 e. The summed E-state index contributed by atoms with van der Waals surface area (Å²) < 4.78 is 0. The lowest BCUT2D eigenvalue weighted by Crippen LogP contribution is -1.87. The van der Waals surface area contributed by atoms with Crippen LogP contribution in [0.5, 0.6) is 0 Å². The first-order valence-electron chi connectivity index (χ1n) is 2.96. The quantitative estimate of drug-likeness (QED) is 0.479. The van der Waals surface area contributed by atoms with Gasteiger partial charge in [-0.15, -0.1) is 0 Å². The molecule has 0 heterocycles. The van der Waals surface area contributed by atoms with Crippen LogP contribution in [0.1, 0.15) is 20.8 Å². The molecule has 8 heavy (non-hydrogen) atoms. The van der Waals surface area contributed by atoms with Gasteiger partial charge in [-0.2, -0.15) is 0 Å². The summed E-state index contributed by atoms with van der Waals surface area (Å²) in [7, 11) is 0. The predicted octanol–water partition coefficient (Wildman–Crippen LogP) is 2.77. The van der Waals surface area contributed by atoms with Crippen LogP contribution >= 0.6 is 0 Å². The van der Waals surface area contributed by atoms with E-state index < -0.39 is 0 Å². The minimum atomic E-state index is 0.542. The van der Waals surface area contributed by atoms with Crippen LogP contribution < -0.4 is 0 Å². The Labute approximate surface area is 51.9 Å². The fourth-order valence-electron chi connectivity index (χ4n) is 0.453. The van der Waals surface area contributed by atoms with Crippen LogP contribution in [0.3, 0.4) is 0 Å². The lowest BCUT2D eigenvalue weighted by Gasteiger charge is -2.01. The standard InChI is InChI=1S/C8H14/c1-5-6-8(4)7(2)3/h5-6,8H,2H2,1,3-4H3/b6-5-. The van der Waals surface area contributed by atoms with E-state index in [2.05, 4.69) is 25.7 Å². The van der Waals surface area contributed by atoms with Crippen LogP contribution in [0.15, 0.2) is 24.3 Å². The second kappa shape index (κ2) is 3.48. The molecule has 0 spiro atoms. The van der Waals surface area contributed by atoms with Crippen molar-refractivity contribution in [2.24, 2.45) is 5.92 Å². The van der Waals surface area contributed by atoms with Crippen molar-refractivity contribution in [3.8, 4) is 0 Å². The highest BCUT2D eigenvalue weighted by molar-refractivity contribution is 5.03. The SMILES string of the molecule is C=C(C)C(C)/C=C\C. The van der Waals surface area contributed by atoms with Crippen molar-refractivity contribution in [3.05, 3.63) is 24.3 Å². The van der Waals surface area contributed by atoms with Crippen LogP contribution in [0.2, 0.25) is 0 Å². The first-order valence-corrected chi connectivity index (χ1v) is 2.96. The second-order valence-electron chi connectivity index (χ2n) is 2.16. The molecule has 0 aliphatic heterocycles. The van der Waals surface area contributed by atoms with E-state index in [1.165, 1.54) is 5.57 Å². The molecule has 0 saturated carbocycles. The van der Waals surface area contributed by atoms with Gasteiger partial charge in [-0.25, -0.2) is 0 Å². The minimum absolute atomic E-state index is 0.542. The second-order valence-corrected chi connectivity index (χ2v) is 2.16. The Bertz CT molecular complexity index is 98.6. The summed E-state index contributed by atoms with van der Waals surface area (Å²) in [6.45, 7) is 10.0. The number of allylic oxidation sites excluding steroid dienone is 3. The van der Waals surface area contributed by atoms with Gasteiger partial charge >= 0.3 is 0 Å². The highest BCUT2D eigenvalue weighted by Crippen LogP contribution is 2.06. The molecular weight excluding hydrogens is 96.1 g/mol. The van der Waals surface area contributed by atoms with E-state index >= 15 is 0 Å². The molecule has 0 N–H and O–H groups in total. The van der Waals surface area contributed by atoms with E-state index in [0.717, 1.165) is 0 Å². The minimum Gasteiger partial charge on any atom is -0.0996 e. The third kappa shape index (κ3) is 2.62. The summed E-state index contributed by atoms with van der Waals surface area (Å²) in [4.78, 5) is 0. The van der Waals surface area contributed by atoms with E-state index in [1.807, 2.05) is 13.8 Å². The molecule has 0 aliphatic rings. The Balaban J connectivity index is 3.64. The van der Waals surface area contributed by atoms with Crippen molar-refractivity contribution in [1.82, 2.24) is 0 Å². The van der Waals surface area contributed by atoms with Gasteiger partial charge in [0.25, 0.3) is 0 Å². The maximum Gasteiger partial charge on any atom is -0.00572 e. The van der Waals surface area contributed by atoms with Crippen LogP contribution in [0.4, 0.5) is 0 Å². The molecule has 46 valence electrons. The molecular formula is C8H14. The fraction of sp³-hybridized carbons (Fsp3) is 0.500. The van der Waals surface area contributed by atoms with Gasteiger partial charge in [-0.1, -0.05) is 31.2 Å². The van der Waals surface area contributed by atoms with Crippen LogP contribution in [0, 0.1) is 5.92 Å². The summed E-state index contributed by atoms with van der Waals surface area (Å²) >= 11 is 0. The number of rotatable bonds is 2. The Kier molecular flexibility index (Phi) is 3.25. The molecule has 0 heteroatoms. The average Bonchev–Trinajstić information content (AvgIpc) is 1.67. The van der Waals surface area contributed by atoms with Crippen molar-refractivity contribution in [2.45, 2.75) is 20.8 Å². The lowest BCUT2D eigenvalue weighted by atomic mass is 10.0. The van der Waals surface area contributed by atoms with Crippen molar-refractivity contribution in [2.75, 3.05) is 0 Å². The van der Waals surface area contributed by atoms with Gasteiger partial charge in [0.1, 0.15) is 0 Å². The maximum absolute atomic E-state index is 3.82. The van der Waals surface area contributed by atoms with Gasteiger partial charge < -0.3 is 0 Å². The van der Waals surface area contributed by atoms with Crippen LogP contribution in [-0.2, 0) is 0 Å². The molecule has 0 saturated heterocycles. The predicted molar refractivity (Wildman–Crippen MR) is 38.8 cm³/mol. The topological polar surface area (TPSA) is 0 Å². The Morgan fingerprint density at radius 2 is 2.12 bits per heavy atom. The molecule has 0 aromatic rings. The van der Waals surface area contributed by atoms with Crippen molar-refractivity contribution in [3.63, 3.8) is 0 Å². The van der Waals surface area contributed by atoms with E-state index in [4.69, 9.17) is 0 Å². The lowest BCUT2D eigenvalue weighted by molar-refractivity contribution is 0.866. The first kappa shape index (κ1) is 7.48. The first-order chi connectivity index (χ1) is 3.68. The van der Waals surface area contributed by atoms with E-state index in [0.29, 0.717) is 5.92 Å². The van der Waals surface area contributed by atoms with Gasteiger partial charge in [0, 0.05) is 0 Å². The third-order valence-electron chi connectivity index (χ3n) is 1.26. The van der Waals surface area contributed by atoms with E-state index in [-0.39, 0.29) is 0 Å².